The van der Waals surface area contributed by atoms with Crippen LogP contribution in [-0.2, 0) is 0 Å². The number of nitrogens with zero attached hydrogens (tertiary/aromatic N) is 3. The van der Waals surface area contributed by atoms with Gasteiger partial charge in [0.05, 0.1) is 7.11 Å². The Hall–Kier alpha value is -2.37. The smallest absolute Gasteiger partial charge is 0.153 e. The molecule has 0 atom stereocenters. The summed E-state index contributed by atoms with van der Waals surface area (Å²) in [5.74, 6) is 2.79. The van der Waals surface area contributed by atoms with E-state index in [1.165, 1.54) is 0 Å². The molecule has 1 fully saturated rings. The molecule has 6 nitrogen and oxygen atoms in total. The molecule has 1 aromatic rings. The lowest BCUT2D eigenvalue weighted by Gasteiger charge is -2.31. The van der Waals surface area contributed by atoms with Crippen molar-refractivity contribution in [2.75, 3.05) is 14.2 Å². The zero-order chi connectivity index (χ0) is 16.1. The maximum atomic E-state index is 6.18. The molecule has 0 saturated heterocycles. The maximum absolute atomic E-state index is 6.18. The van der Waals surface area contributed by atoms with E-state index in [0.717, 1.165) is 18.7 Å². The van der Waals surface area contributed by atoms with Gasteiger partial charge in [0, 0.05) is 18.5 Å². The van der Waals surface area contributed by atoms with Crippen molar-refractivity contribution in [2.45, 2.75) is 19.8 Å². The van der Waals surface area contributed by atoms with E-state index in [0.29, 0.717) is 34.7 Å². The van der Waals surface area contributed by atoms with Crippen molar-refractivity contribution in [1.29, 1.82) is 0 Å². The van der Waals surface area contributed by atoms with E-state index in [9.17, 15) is 0 Å². The molecule has 1 aliphatic carbocycles. The van der Waals surface area contributed by atoms with Gasteiger partial charge in [-0.15, -0.1) is 0 Å². The topological polar surface area (TPSA) is 84.4 Å². The minimum absolute atomic E-state index is 0.353. The van der Waals surface area contributed by atoms with Crippen LogP contribution in [0.5, 0.6) is 5.75 Å². The number of hydrogen-bond donors (Lipinski definition) is 2. The van der Waals surface area contributed by atoms with Gasteiger partial charge in [-0.3, -0.25) is 4.99 Å². The van der Waals surface area contributed by atoms with E-state index in [1.807, 2.05) is 18.2 Å². The molecule has 0 heterocycles. The molecule has 6 heteroatoms. The van der Waals surface area contributed by atoms with Crippen molar-refractivity contribution in [3.05, 3.63) is 23.8 Å². The Labute approximate surface area is 131 Å². The SMILES string of the molecule is C=Nc1c(OC)cccc1C(N)=N/C(=N\NC)C1CC(C)C1. The van der Waals surface area contributed by atoms with Crippen LogP contribution in [0, 0.1) is 11.8 Å². The number of rotatable bonds is 5. The van der Waals surface area contributed by atoms with Gasteiger partial charge in [-0.05, 0) is 37.6 Å². The monoisotopic (exact) mass is 301 g/mol. The molecule has 0 spiro atoms. The summed E-state index contributed by atoms with van der Waals surface area (Å²) >= 11 is 0. The van der Waals surface area contributed by atoms with Gasteiger partial charge in [-0.1, -0.05) is 13.0 Å². The van der Waals surface area contributed by atoms with Crippen molar-refractivity contribution in [3.63, 3.8) is 0 Å². The molecular weight excluding hydrogens is 278 g/mol. The summed E-state index contributed by atoms with van der Waals surface area (Å²) in [5.41, 5.74) is 10.3. The average Bonchev–Trinajstić information content (AvgIpc) is 2.50. The third-order valence-electron chi connectivity index (χ3n) is 3.85. The molecule has 2 rings (SSSR count). The van der Waals surface area contributed by atoms with Gasteiger partial charge in [0.15, 0.2) is 5.84 Å². The quantitative estimate of drug-likeness (QED) is 0.497. The number of para-hydroxylation sites is 1. The Morgan fingerprint density at radius 2 is 2.14 bits per heavy atom. The number of hydrogen-bond acceptors (Lipinski definition) is 4. The Morgan fingerprint density at radius 1 is 1.41 bits per heavy atom. The van der Waals surface area contributed by atoms with Crippen LogP contribution in [0.25, 0.3) is 0 Å². The van der Waals surface area contributed by atoms with E-state index in [-0.39, 0.29) is 0 Å². The van der Waals surface area contributed by atoms with Crippen LogP contribution in [0.1, 0.15) is 25.3 Å². The molecular formula is C16H23N5O. The first-order valence-corrected chi connectivity index (χ1v) is 7.33. The second-order valence-corrected chi connectivity index (χ2v) is 5.48. The number of nitrogens with two attached hydrogens (primary N) is 1. The molecule has 1 aliphatic rings. The number of benzene rings is 1. The molecule has 0 aromatic heterocycles. The van der Waals surface area contributed by atoms with Gasteiger partial charge in [0.2, 0.25) is 0 Å². The minimum atomic E-state index is 0.353. The van der Waals surface area contributed by atoms with E-state index in [2.05, 4.69) is 34.2 Å². The fourth-order valence-corrected chi connectivity index (χ4v) is 2.68. The van der Waals surface area contributed by atoms with E-state index in [1.54, 1.807) is 14.2 Å². The van der Waals surface area contributed by atoms with Crippen LogP contribution in [0.2, 0.25) is 0 Å². The van der Waals surface area contributed by atoms with Gasteiger partial charge in [0.25, 0.3) is 0 Å². The predicted octanol–water partition coefficient (Wildman–Crippen LogP) is 2.31. The van der Waals surface area contributed by atoms with Gasteiger partial charge in [-0.2, -0.15) is 5.10 Å². The van der Waals surface area contributed by atoms with Gasteiger partial charge < -0.3 is 15.9 Å². The van der Waals surface area contributed by atoms with Crippen molar-refractivity contribution in [3.8, 4) is 5.75 Å². The fraction of sp³-hybridized carbons (Fsp3) is 0.438. The van der Waals surface area contributed by atoms with Crippen LogP contribution in [0.3, 0.4) is 0 Å². The Bertz CT molecular complexity index is 603. The predicted molar refractivity (Wildman–Crippen MR) is 91.3 cm³/mol. The molecule has 1 aromatic carbocycles. The van der Waals surface area contributed by atoms with E-state index >= 15 is 0 Å². The van der Waals surface area contributed by atoms with Gasteiger partial charge in [0.1, 0.15) is 17.3 Å². The summed E-state index contributed by atoms with van der Waals surface area (Å²) in [6, 6.07) is 5.52. The van der Waals surface area contributed by atoms with Crippen LogP contribution in [0.15, 0.2) is 33.3 Å². The zero-order valence-corrected chi connectivity index (χ0v) is 13.3. The van der Waals surface area contributed by atoms with Crippen molar-refractivity contribution in [2.24, 2.45) is 32.7 Å². The first-order valence-electron chi connectivity index (χ1n) is 7.33. The molecule has 0 radical (unpaired) electrons. The van der Waals surface area contributed by atoms with Crippen LogP contribution in [0.4, 0.5) is 5.69 Å². The molecule has 1 saturated carbocycles. The summed E-state index contributed by atoms with van der Waals surface area (Å²) in [4.78, 5) is 8.53. The van der Waals surface area contributed by atoms with Gasteiger partial charge >= 0.3 is 0 Å². The third-order valence-corrected chi connectivity index (χ3v) is 3.85. The van der Waals surface area contributed by atoms with Crippen LogP contribution in [-0.4, -0.2) is 32.5 Å². The van der Waals surface area contributed by atoms with Crippen molar-refractivity contribution < 1.29 is 4.74 Å². The van der Waals surface area contributed by atoms with Crippen molar-refractivity contribution >= 4 is 24.1 Å². The molecule has 0 unspecified atom stereocenters. The molecule has 22 heavy (non-hydrogen) atoms. The van der Waals surface area contributed by atoms with Crippen LogP contribution >= 0.6 is 0 Å². The first kappa shape index (κ1) is 16.0. The number of hydrazone groups is 1. The number of methoxy groups -OCH3 is 1. The van der Waals surface area contributed by atoms with E-state index in [4.69, 9.17) is 10.5 Å². The number of nitrogens with one attached hydrogen (secondary N) is 1. The summed E-state index contributed by atoms with van der Waals surface area (Å²) < 4.78 is 5.29. The summed E-state index contributed by atoms with van der Waals surface area (Å²) in [6.45, 7) is 5.81. The normalized spacial score (nSPS) is 22.0. The second kappa shape index (κ2) is 7.06. The second-order valence-electron chi connectivity index (χ2n) is 5.48. The Morgan fingerprint density at radius 3 is 2.68 bits per heavy atom. The standard InChI is InChI=1S/C16H23N5O/c1-10-8-11(9-10)16(21-19-3)20-15(17)12-6-5-7-13(22-4)14(12)18-2/h5-7,10-11,19H,2,8-9H2,1,3-4H3,(H2,17,20,21). The Balaban J connectivity index is 2.35. The van der Waals surface area contributed by atoms with Crippen LogP contribution < -0.4 is 15.9 Å². The fourth-order valence-electron chi connectivity index (χ4n) is 2.68. The third kappa shape index (κ3) is 3.27. The van der Waals surface area contributed by atoms with Crippen molar-refractivity contribution in [1.82, 2.24) is 5.43 Å². The lowest BCUT2D eigenvalue weighted by Crippen LogP contribution is -2.30. The molecule has 0 aliphatic heterocycles. The largest absolute Gasteiger partial charge is 0.494 e. The highest BCUT2D eigenvalue weighted by Crippen LogP contribution is 2.35. The maximum Gasteiger partial charge on any atom is 0.153 e. The summed E-state index contributed by atoms with van der Waals surface area (Å²) in [5, 5.41) is 4.27. The lowest BCUT2D eigenvalue weighted by molar-refractivity contribution is 0.279. The number of amidine groups is 2. The van der Waals surface area contributed by atoms with Gasteiger partial charge in [-0.25, -0.2) is 4.99 Å². The first-order chi connectivity index (χ1) is 10.6. The Kier molecular flexibility index (Phi) is 5.14. The highest BCUT2D eigenvalue weighted by atomic mass is 16.5. The summed E-state index contributed by atoms with van der Waals surface area (Å²) in [6.07, 6.45) is 2.17. The molecule has 0 bridgehead atoms. The zero-order valence-electron chi connectivity index (χ0n) is 13.3. The summed E-state index contributed by atoms with van der Waals surface area (Å²) in [7, 11) is 3.35. The molecule has 118 valence electrons. The number of ether oxygens (including phenoxy) is 1. The lowest BCUT2D eigenvalue weighted by atomic mass is 9.75. The average molecular weight is 301 g/mol. The molecule has 3 N–H and O–H groups in total. The molecule has 0 amide bonds. The highest BCUT2D eigenvalue weighted by molar-refractivity contribution is 6.09. The van der Waals surface area contributed by atoms with E-state index < -0.39 is 0 Å². The highest BCUT2D eigenvalue weighted by Gasteiger charge is 2.30. The number of aliphatic imine (C=N–C) groups is 2. The minimum Gasteiger partial charge on any atom is -0.494 e.